The highest BCUT2D eigenvalue weighted by Gasteiger charge is 2.13. The molecule has 6 heteroatoms. The summed E-state index contributed by atoms with van der Waals surface area (Å²) in [5.74, 6) is 1.45. The van der Waals surface area contributed by atoms with Crippen LogP contribution >= 0.6 is 0 Å². The molecule has 0 spiro atoms. The van der Waals surface area contributed by atoms with Crippen LogP contribution in [-0.2, 0) is 11.3 Å². The quantitative estimate of drug-likeness (QED) is 0.404. The molecule has 0 atom stereocenters. The van der Waals surface area contributed by atoms with E-state index in [4.69, 9.17) is 9.84 Å². The molecule has 148 valence electrons. The fourth-order valence-electron chi connectivity index (χ4n) is 2.81. The molecule has 0 bridgehead atoms. The molecule has 27 heavy (non-hydrogen) atoms. The van der Waals surface area contributed by atoms with E-state index < -0.39 is 0 Å². The number of rotatable bonds is 9. The number of para-hydroxylation sites is 1. The number of ether oxygens (including phenoxy) is 1. The number of aromatic nitrogens is 2. The van der Waals surface area contributed by atoms with Gasteiger partial charge < -0.3 is 15.4 Å². The average Bonchev–Trinajstić information content (AvgIpc) is 2.95. The highest BCUT2D eigenvalue weighted by atomic mass is 16.5. The molecule has 1 aromatic heterocycles. The molecule has 1 aromatic carbocycles. The first-order chi connectivity index (χ1) is 13.0. The van der Waals surface area contributed by atoms with Crippen molar-refractivity contribution in [3.63, 3.8) is 0 Å². The van der Waals surface area contributed by atoms with Gasteiger partial charge in [-0.3, -0.25) is 4.99 Å². The van der Waals surface area contributed by atoms with E-state index in [0.717, 1.165) is 42.6 Å². The number of aryl methyl sites for hydroxylation is 1. The van der Waals surface area contributed by atoms with Crippen molar-refractivity contribution in [1.29, 1.82) is 0 Å². The summed E-state index contributed by atoms with van der Waals surface area (Å²) in [6.07, 6.45) is 1.09. The van der Waals surface area contributed by atoms with Gasteiger partial charge in [-0.2, -0.15) is 5.10 Å². The Morgan fingerprint density at radius 3 is 2.56 bits per heavy atom. The van der Waals surface area contributed by atoms with Gasteiger partial charge in [-0.1, -0.05) is 32.0 Å². The molecule has 0 radical (unpaired) electrons. The maximum absolute atomic E-state index is 5.63. The number of nitrogens with one attached hydrogen (secondary N) is 2. The zero-order valence-electron chi connectivity index (χ0n) is 17.2. The number of hydrogen-bond acceptors (Lipinski definition) is 3. The molecule has 0 aliphatic heterocycles. The van der Waals surface area contributed by atoms with Crippen molar-refractivity contribution in [2.24, 2.45) is 10.9 Å². The molecule has 0 saturated carbocycles. The minimum absolute atomic E-state index is 0.677. The SMILES string of the molecule is CN=C(NCCOCCC(C)C)NCc1c(C)nn(-c2ccccc2)c1C. The van der Waals surface area contributed by atoms with Crippen LogP contribution in [0.3, 0.4) is 0 Å². The molecule has 0 aliphatic carbocycles. The molecule has 0 amide bonds. The topological polar surface area (TPSA) is 63.5 Å². The Morgan fingerprint density at radius 1 is 1.15 bits per heavy atom. The Morgan fingerprint density at radius 2 is 1.89 bits per heavy atom. The molecule has 0 saturated heterocycles. The van der Waals surface area contributed by atoms with Crippen molar-refractivity contribution in [2.45, 2.75) is 40.7 Å². The molecule has 2 aromatic rings. The van der Waals surface area contributed by atoms with Crippen LogP contribution in [0, 0.1) is 19.8 Å². The lowest BCUT2D eigenvalue weighted by molar-refractivity contribution is 0.128. The van der Waals surface area contributed by atoms with Gasteiger partial charge in [-0.15, -0.1) is 0 Å². The number of benzene rings is 1. The lowest BCUT2D eigenvalue weighted by Crippen LogP contribution is -2.38. The standard InChI is InChI=1S/C21H33N5O/c1-16(2)11-13-27-14-12-23-21(22-5)24-15-20-17(3)25-26(18(20)4)19-9-7-6-8-10-19/h6-10,16H,11-15H2,1-5H3,(H2,22,23,24). The van der Waals surface area contributed by atoms with Crippen molar-refractivity contribution in [1.82, 2.24) is 20.4 Å². The summed E-state index contributed by atoms with van der Waals surface area (Å²) >= 11 is 0. The molecule has 2 N–H and O–H groups in total. The Bertz CT molecular complexity index is 722. The average molecular weight is 372 g/mol. The van der Waals surface area contributed by atoms with E-state index >= 15 is 0 Å². The van der Waals surface area contributed by atoms with Crippen LogP contribution in [0.5, 0.6) is 0 Å². The summed E-state index contributed by atoms with van der Waals surface area (Å²) in [5.41, 5.74) is 4.43. The summed E-state index contributed by atoms with van der Waals surface area (Å²) in [5, 5.41) is 11.4. The zero-order valence-corrected chi connectivity index (χ0v) is 17.2. The van der Waals surface area contributed by atoms with Crippen LogP contribution in [0.15, 0.2) is 35.3 Å². The molecule has 6 nitrogen and oxygen atoms in total. The first kappa shape index (κ1) is 21.0. The number of nitrogens with zero attached hydrogens (tertiary/aromatic N) is 3. The predicted molar refractivity (Wildman–Crippen MR) is 112 cm³/mol. The molecule has 0 aliphatic rings. The maximum Gasteiger partial charge on any atom is 0.191 e. The highest BCUT2D eigenvalue weighted by molar-refractivity contribution is 5.79. The Labute approximate surface area is 163 Å². The maximum atomic E-state index is 5.63. The van der Waals surface area contributed by atoms with Crippen LogP contribution < -0.4 is 10.6 Å². The highest BCUT2D eigenvalue weighted by Crippen LogP contribution is 2.17. The second-order valence-electron chi connectivity index (χ2n) is 7.04. The van der Waals surface area contributed by atoms with E-state index in [1.807, 2.05) is 29.8 Å². The van der Waals surface area contributed by atoms with Crippen LogP contribution in [0.1, 0.15) is 37.2 Å². The van der Waals surface area contributed by atoms with Crippen LogP contribution in [0.2, 0.25) is 0 Å². The Kier molecular flexibility index (Phi) is 8.33. The second-order valence-corrected chi connectivity index (χ2v) is 7.04. The molecule has 2 rings (SSSR count). The zero-order chi connectivity index (χ0) is 19.6. The van der Waals surface area contributed by atoms with Gasteiger partial charge in [0.1, 0.15) is 0 Å². The van der Waals surface area contributed by atoms with E-state index in [2.05, 4.69) is 48.5 Å². The minimum Gasteiger partial charge on any atom is -0.380 e. The largest absolute Gasteiger partial charge is 0.380 e. The summed E-state index contributed by atoms with van der Waals surface area (Å²) in [6.45, 7) is 11.5. The van der Waals surface area contributed by atoms with Gasteiger partial charge in [0.15, 0.2) is 5.96 Å². The Balaban J connectivity index is 1.85. The third-order valence-corrected chi connectivity index (χ3v) is 4.48. The van der Waals surface area contributed by atoms with E-state index in [1.54, 1.807) is 7.05 Å². The normalized spacial score (nSPS) is 11.9. The smallest absolute Gasteiger partial charge is 0.191 e. The van der Waals surface area contributed by atoms with Gasteiger partial charge in [-0.25, -0.2) is 4.68 Å². The summed E-state index contributed by atoms with van der Waals surface area (Å²) in [6, 6.07) is 10.2. The third-order valence-electron chi connectivity index (χ3n) is 4.48. The van der Waals surface area contributed by atoms with Crippen LogP contribution in [0.25, 0.3) is 5.69 Å². The minimum atomic E-state index is 0.677. The van der Waals surface area contributed by atoms with E-state index in [-0.39, 0.29) is 0 Å². The van der Waals surface area contributed by atoms with Crippen LogP contribution in [-0.4, -0.2) is 42.5 Å². The number of hydrogen-bond donors (Lipinski definition) is 2. The third kappa shape index (κ3) is 6.40. The fraction of sp³-hybridized carbons (Fsp3) is 0.524. The van der Waals surface area contributed by atoms with E-state index in [0.29, 0.717) is 19.1 Å². The molecule has 0 unspecified atom stereocenters. The van der Waals surface area contributed by atoms with Crippen LogP contribution in [0.4, 0.5) is 0 Å². The van der Waals surface area contributed by atoms with Crippen molar-refractivity contribution >= 4 is 5.96 Å². The van der Waals surface area contributed by atoms with Gasteiger partial charge in [-0.05, 0) is 38.3 Å². The lowest BCUT2D eigenvalue weighted by Gasteiger charge is -2.13. The van der Waals surface area contributed by atoms with Gasteiger partial charge >= 0.3 is 0 Å². The van der Waals surface area contributed by atoms with E-state index in [9.17, 15) is 0 Å². The number of guanidine groups is 1. The molecular formula is C21H33N5O. The van der Waals surface area contributed by atoms with E-state index in [1.165, 1.54) is 5.56 Å². The second kappa shape index (κ2) is 10.7. The van der Waals surface area contributed by atoms with Crippen molar-refractivity contribution < 1.29 is 4.74 Å². The molecular weight excluding hydrogens is 338 g/mol. The first-order valence-electron chi connectivity index (χ1n) is 9.65. The lowest BCUT2D eigenvalue weighted by atomic mass is 10.1. The molecule has 0 fully saturated rings. The summed E-state index contributed by atoms with van der Waals surface area (Å²) in [4.78, 5) is 4.29. The Hall–Kier alpha value is -2.34. The monoisotopic (exact) mass is 371 g/mol. The summed E-state index contributed by atoms with van der Waals surface area (Å²) < 4.78 is 7.63. The van der Waals surface area contributed by atoms with Crippen molar-refractivity contribution in [3.8, 4) is 5.69 Å². The molecule has 1 heterocycles. The predicted octanol–water partition coefficient (Wildman–Crippen LogP) is 3.22. The van der Waals surface area contributed by atoms with Gasteiger partial charge in [0.25, 0.3) is 0 Å². The fourth-order valence-corrected chi connectivity index (χ4v) is 2.81. The van der Waals surface area contributed by atoms with Gasteiger partial charge in [0.2, 0.25) is 0 Å². The summed E-state index contributed by atoms with van der Waals surface area (Å²) in [7, 11) is 1.78. The first-order valence-corrected chi connectivity index (χ1v) is 9.65. The van der Waals surface area contributed by atoms with Gasteiger partial charge in [0.05, 0.1) is 18.0 Å². The van der Waals surface area contributed by atoms with Crippen molar-refractivity contribution in [3.05, 3.63) is 47.3 Å². The van der Waals surface area contributed by atoms with Crippen molar-refractivity contribution in [2.75, 3.05) is 26.8 Å². The van der Waals surface area contributed by atoms with Gasteiger partial charge in [0, 0.05) is 38.0 Å². The number of aliphatic imine (C=N–C) groups is 1.